The summed E-state index contributed by atoms with van der Waals surface area (Å²) >= 11 is 6.24. The number of halogens is 5. The zero-order valence-electron chi connectivity index (χ0n) is 18.8. The molecule has 0 spiro atoms. The maximum Gasteiger partial charge on any atom is 0.262 e. The third-order valence-corrected chi connectivity index (χ3v) is 5.52. The van der Waals surface area contributed by atoms with Gasteiger partial charge in [-0.15, -0.1) is 0 Å². The molecule has 0 aliphatic rings. The van der Waals surface area contributed by atoms with Gasteiger partial charge in [-0.05, 0) is 32.0 Å². The maximum absolute atomic E-state index is 14.9. The number of aliphatic hydroxyl groups is 1. The standard InChI is InChI=1S/C24H17ClF4N6O/c1-24(2,36)23-32-8-12(9-33-23)18-16(27)6-17-21(34-18)20(14(25)10-31-17)35-19(22(28)29)13-5-11(7-30)3-4-15(13)26/h3-6,8-10,19,22,36H,1-2H3,(H,31,35). The summed E-state index contributed by atoms with van der Waals surface area (Å²) in [5.74, 6) is -1.65. The predicted molar refractivity (Wildman–Crippen MR) is 124 cm³/mol. The van der Waals surface area contributed by atoms with Gasteiger partial charge in [0.05, 0.1) is 27.9 Å². The molecule has 4 rings (SSSR count). The monoisotopic (exact) mass is 516 g/mol. The van der Waals surface area contributed by atoms with Gasteiger partial charge < -0.3 is 10.4 Å². The topological polar surface area (TPSA) is 108 Å². The van der Waals surface area contributed by atoms with E-state index in [0.717, 1.165) is 30.5 Å². The van der Waals surface area contributed by atoms with E-state index in [1.807, 2.05) is 0 Å². The van der Waals surface area contributed by atoms with Crippen molar-refractivity contribution in [1.29, 1.82) is 5.26 Å². The van der Waals surface area contributed by atoms with Crippen molar-refractivity contribution in [2.45, 2.75) is 31.9 Å². The third kappa shape index (κ3) is 4.91. The summed E-state index contributed by atoms with van der Waals surface area (Å²) in [6.45, 7) is 2.97. The van der Waals surface area contributed by atoms with E-state index in [2.05, 4.69) is 25.3 Å². The van der Waals surface area contributed by atoms with Crippen LogP contribution in [-0.4, -0.2) is 31.5 Å². The Hall–Kier alpha value is -3.88. The smallest absolute Gasteiger partial charge is 0.262 e. The summed E-state index contributed by atoms with van der Waals surface area (Å²) in [5.41, 5.74) is -2.07. The number of fused-ring (bicyclic) bond motifs is 1. The highest BCUT2D eigenvalue weighted by Gasteiger charge is 2.28. The van der Waals surface area contributed by atoms with Crippen LogP contribution in [-0.2, 0) is 5.60 Å². The highest BCUT2D eigenvalue weighted by molar-refractivity contribution is 6.34. The molecule has 0 saturated carbocycles. The highest BCUT2D eigenvalue weighted by atomic mass is 35.5. The molecule has 0 bridgehead atoms. The molecular weight excluding hydrogens is 500 g/mol. The lowest BCUT2D eigenvalue weighted by Crippen LogP contribution is -2.21. The van der Waals surface area contributed by atoms with Crippen LogP contribution in [0.15, 0.2) is 42.9 Å². The number of nitrogens with one attached hydrogen (secondary N) is 1. The SMILES string of the molecule is CC(C)(O)c1ncc(-c2nc3c(NC(c4cc(C#N)ccc4F)C(F)F)c(Cl)cnc3cc2F)cn1. The van der Waals surface area contributed by atoms with Gasteiger partial charge in [0, 0.05) is 35.8 Å². The Labute approximate surface area is 207 Å². The lowest BCUT2D eigenvalue weighted by Gasteiger charge is -2.22. The number of alkyl halides is 2. The van der Waals surface area contributed by atoms with Gasteiger partial charge in [0.15, 0.2) is 11.6 Å². The van der Waals surface area contributed by atoms with E-state index in [1.165, 1.54) is 26.2 Å². The van der Waals surface area contributed by atoms with Crippen molar-refractivity contribution in [2.24, 2.45) is 0 Å². The van der Waals surface area contributed by atoms with E-state index < -0.39 is 35.3 Å². The minimum atomic E-state index is -3.12. The first-order valence-corrected chi connectivity index (χ1v) is 10.8. The number of anilines is 1. The van der Waals surface area contributed by atoms with Crippen LogP contribution in [0.4, 0.5) is 23.2 Å². The summed E-state index contributed by atoms with van der Waals surface area (Å²) in [6.07, 6.45) is 0.523. The van der Waals surface area contributed by atoms with Crippen LogP contribution in [0.2, 0.25) is 5.02 Å². The van der Waals surface area contributed by atoms with Gasteiger partial charge in [-0.25, -0.2) is 32.5 Å². The minimum absolute atomic E-state index is 0.00329. The van der Waals surface area contributed by atoms with Crippen molar-refractivity contribution in [3.05, 3.63) is 76.5 Å². The van der Waals surface area contributed by atoms with Crippen molar-refractivity contribution in [3.63, 3.8) is 0 Å². The second kappa shape index (κ2) is 9.64. The van der Waals surface area contributed by atoms with E-state index in [-0.39, 0.29) is 44.4 Å². The van der Waals surface area contributed by atoms with Crippen LogP contribution in [0.3, 0.4) is 0 Å². The first kappa shape index (κ1) is 25.2. The minimum Gasteiger partial charge on any atom is -0.382 e. The number of rotatable bonds is 6. The number of pyridine rings is 2. The van der Waals surface area contributed by atoms with E-state index in [0.29, 0.717) is 0 Å². The van der Waals surface area contributed by atoms with Crippen molar-refractivity contribution in [1.82, 2.24) is 19.9 Å². The van der Waals surface area contributed by atoms with Crippen molar-refractivity contribution in [2.75, 3.05) is 5.32 Å². The van der Waals surface area contributed by atoms with Crippen LogP contribution in [0.1, 0.15) is 36.8 Å². The first-order chi connectivity index (χ1) is 17.0. The lowest BCUT2D eigenvalue weighted by molar-refractivity contribution is 0.0687. The number of benzene rings is 1. The lowest BCUT2D eigenvalue weighted by atomic mass is 10.0. The van der Waals surface area contributed by atoms with Gasteiger partial charge in [-0.2, -0.15) is 5.26 Å². The average Bonchev–Trinajstić information content (AvgIpc) is 2.83. The molecule has 184 valence electrons. The molecule has 0 amide bonds. The van der Waals surface area contributed by atoms with Gasteiger partial charge in [-0.1, -0.05) is 11.6 Å². The van der Waals surface area contributed by atoms with E-state index in [9.17, 15) is 22.7 Å². The second-order valence-electron chi connectivity index (χ2n) is 8.33. The van der Waals surface area contributed by atoms with E-state index >= 15 is 0 Å². The molecule has 2 N–H and O–H groups in total. The Kier molecular flexibility index (Phi) is 6.75. The quantitative estimate of drug-likeness (QED) is 0.324. The Bertz CT molecular complexity index is 1490. The summed E-state index contributed by atoms with van der Waals surface area (Å²) in [4.78, 5) is 16.3. The van der Waals surface area contributed by atoms with Gasteiger partial charge in [-0.3, -0.25) is 4.98 Å². The maximum atomic E-state index is 14.9. The fourth-order valence-corrected chi connectivity index (χ4v) is 3.65. The number of hydrogen-bond acceptors (Lipinski definition) is 7. The molecule has 1 aromatic carbocycles. The molecule has 0 aliphatic heterocycles. The molecule has 0 fully saturated rings. The van der Waals surface area contributed by atoms with Crippen molar-refractivity contribution >= 4 is 28.3 Å². The number of nitriles is 1. The van der Waals surface area contributed by atoms with Crippen LogP contribution >= 0.6 is 11.6 Å². The van der Waals surface area contributed by atoms with E-state index in [4.69, 9.17) is 16.9 Å². The van der Waals surface area contributed by atoms with Crippen molar-refractivity contribution in [3.8, 4) is 17.3 Å². The first-order valence-electron chi connectivity index (χ1n) is 10.4. The summed E-state index contributed by atoms with van der Waals surface area (Å²) in [5, 5.41) is 21.5. The van der Waals surface area contributed by atoms with Gasteiger partial charge >= 0.3 is 0 Å². The molecule has 1 unspecified atom stereocenters. The summed E-state index contributed by atoms with van der Waals surface area (Å²) in [6, 6.07) is 4.00. The average molecular weight is 517 g/mol. The molecule has 12 heteroatoms. The highest BCUT2D eigenvalue weighted by Crippen LogP contribution is 2.36. The largest absolute Gasteiger partial charge is 0.382 e. The zero-order valence-corrected chi connectivity index (χ0v) is 19.5. The van der Waals surface area contributed by atoms with Gasteiger partial charge in [0.1, 0.15) is 28.7 Å². The molecule has 36 heavy (non-hydrogen) atoms. The van der Waals surface area contributed by atoms with Gasteiger partial charge in [0.25, 0.3) is 6.43 Å². The summed E-state index contributed by atoms with van der Waals surface area (Å²) < 4.78 is 57.5. The third-order valence-electron chi connectivity index (χ3n) is 5.23. The second-order valence-corrected chi connectivity index (χ2v) is 8.73. The number of aromatic nitrogens is 4. The Balaban J connectivity index is 1.84. The molecule has 3 heterocycles. The molecule has 7 nitrogen and oxygen atoms in total. The Morgan fingerprint density at radius 3 is 2.36 bits per heavy atom. The Morgan fingerprint density at radius 1 is 1.06 bits per heavy atom. The molecule has 0 saturated heterocycles. The number of hydrogen-bond donors (Lipinski definition) is 2. The zero-order chi connectivity index (χ0) is 26.2. The van der Waals surface area contributed by atoms with Crippen LogP contribution < -0.4 is 5.32 Å². The molecule has 1 atom stereocenters. The van der Waals surface area contributed by atoms with Crippen LogP contribution in [0.25, 0.3) is 22.3 Å². The molecule has 3 aromatic heterocycles. The fourth-order valence-electron chi connectivity index (χ4n) is 3.46. The summed E-state index contributed by atoms with van der Waals surface area (Å²) in [7, 11) is 0. The molecule has 0 aliphatic carbocycles. The van der Waals surface area contributed by atoms with Crippen LogP contribution in [0, 0.1) is 23.0 Å². The molecule has 4 aromatic rings. The fraction of sp³-hybridized carbons (Fsp3) is 0.208. The molecule has 0 radical (unpaired) electrons. The van der Waals surface area contributed by atoms with Crippen LogP contribution in [0.5, 0.6) is 0 Å². The van der Waals surface area contributed by atoms with Crippen molar-refractivity contribution < 1.29 is 22.7 Å². The predicted octanol–water partition coefficient (Wildman–Crippen LogP) is 5.54. The Morgan fingerprint density at radius 2 is 1.75 bits per heavy atom. The molecular formula is C24H17ClF4N6O. The normalized spacial score (nSPS) is 12.6. The number of nitrogens with zero attached hydrogens (tertiary/aromatic N) is 5. The van der Waals surface area contributed by atoms with Gasteiger partial charge in [0.2, 0.25) is 0 Å². The van der Waals surface area contributed by atoms with E-state index in [1.54, 1.807) is 6.07 Å².